The fraction of sp³-hybridized carbons (Fsp3) is 0.278. The van der Waals surface area contributed by atoms with Gasteiger partial charge in [-0.15, -0.1) is 5.10 Å². The van der Waals surface area contributed by atoms with Crippen molar-refractivity contribution in [1.82, 2.24) is 24.0 Å². The number of benzene rings is 1. The molecule has 1 aliphatic heterocycles. The fourth-order valence-corrected chi connectivity index (χ4v) is 3.64. The third kappa shape index (κ3) is 3.59. The fourth-order valence-electron chi connectivity index (χ4n) is 3.21. The van der Waals surface area contributed by atoms with Crippen molar-refractivity contribution in [3.8, 4) is 11.3 Å². The summed E-state index contributed by atoms with van der Waals surface area (Å²) >= 11 is 1.18. The smallest absolute Gasteiger partial charge is 0.275 e. The highest BCUT2D eigenvalue weighted by atomic mass is 32.1. The van der Waals surface area contributed by atoms with E-state index in [9.17, 15) is 9.59 Å². The van der Waals surface area contributed by atoms with Gasteiger partial charge in [-0.1, -0.05) is 16.6 Å². The van der Waals surface area contributed by atoms with Crippen LogP contribution >= 0.6 is 11.5 Å². The van der Waals surface area contributed by atoms with Gasteiger partial charge in [0, 0.05) is 44.0 Å². The number of nitrogens with one attached hydrogen (secondary N) is 1. The monoisotopic (exact) mass is 382 g/mol. The summed E-state index contributed by atoms with van der Waals surface area (Å²) in [6.45, 7) is 3.35. The molecule has 3 aromatic rings. The van der Waals surface area contributed by atoms with E-state index in [1.165, 1.54) is 18.5 Å². The van der Waals surface area contributed by atoms with Gasteiger partial charge in [-0.05, 0) is 29.2 Å². The lowest BCUT2D eigenvalue weighted by molar-refractivity contribution is -0.114. The Labute approximate surface area is 160 Å². The highest BCUT2D eigenvalue weighted by Crippen LogP contribution is 2.24. The topological polar surface area (TPSA) is 93.0 Å². The molecule has 0 bridgehead atoms. The van der Waals surface area contributed by atoms with Gasteiger partial charge < -0.3 is 14.8 Å². The van der Waals surface area contributed by atoms with E-state index in [-0.39, 0.29) is 11.8 Å². The Hall–Kier alpha value is -3.07. The molecule has 1 aromatic carbocycles. The van der Waals surface area contributed by atoms with Gasteiger partial charge in [0.25, 0.3) is 5.91 Å². The first-order chi connectivity index (χ1) is 13.1. The van der Waals surface area contributed by atoms with Crippen LogP contribution in [-0.4, -0.2) is 48.9 Å². The first-order valence-electron chi connectivity index (χ1n) is 8.60. The lowest BCUT2D eigenvalue weighted by Gasteiger charge is -2.18. The van der Waals surface area contributed by atoms with Gasteiger partial charge in [-0.2, -0.15) is 0 Å². The van der Waals surface area contributed by atoms with Crippen molar-refractivity contribution in [2.24, 2.45) is 0 Å². The van der Waals surface area contributed by atoms with Crippen LogP contribution in [0.15, 0.2) is 35.8 Å². The van der Waals surface area contributed by atoms with E-state index in [1.54, 1.807) is 10.3 Å². The number of amides is 2. The molecule has 1 N–H and O–H groups in total. The molecule has 0 radical (unpaired) electrons. The average Bonchev–Trinajstić information content (AvgIpc) is 3.28. The summed E-state index contributed by atoms with van der Waals surface area (Å²) in [5.41, 5.74) is 3.18. The van der Waals surface area contributed by atoms with E-state index in [1.807, 2.05) is 30.5 Å². The molecule has 9 heteroatoms. The third-order valence-electron chi connectivity index (χ3n) is 4.50. The molecule has 4 rings (SSSR count). The molecule has 8 nitrogen and oxygen atoms in total. The van der Waals surface area contributed by atoms with Crippen LogP contribution in [-0.2, 0) is 17.8 Å². The molecule has 0 spiro atoms. The van der Waals surface area contributed by atoms with Crippen molar-refractivity contribution in [3.05, 3.63) is 47.4 Å². The summed E-state index contributed by atoms with van der Waals surface area (Å²) in [5, 5.41) is 8.32. The highest BCUT2D eigenvalue weighted by molar-refractivity contribution is 7.03. The minimum Gasteiger partial charge on any atom is -0.335 e. The SMILES string of the molecule is CC(=O)Nc1ccc(-c2cnc3n2CCN(C(=O)c2csnn2)CC3)cc1. The minimum atomic E-state index is -0.0963. The summed E-state index contributed by atoms with van der Waals surface area (Å²) in [7, 11) is 0. The summed E-state index contributed by atoms with van der Waals surface area (Å²) in [6.07, 6.45) is 2.55. The van der Waals surface area contributed by atoms with Crippen molar-refractivity contribution in [3.63, 3.8) is 0 Å². The predicted molar refractivity (Wildman–Crippen MR) is 101 cm³/mol. The standard InChI is InChI=1S/C18H18N6O2S/c1-12(25)20-14-4-2-13(3-5-14)16-10-19-17-6-7-23(8-9-24(16)17)18(26)15-11-27-22-21-15/h2-5,10-11H,6-9H2,1H3,(H,20,25). The molecular weight excluding hydrogens is 364 g/mol. The zero-order chi connectivity index (χ0) is 18.8. The van der Waals surface area contributed by atoms with Crippen molar-refractivity contribution in [2.45, 2.75) is 19.9 Å². The van der Waals surface area contributed by atoms with Gasteiger partial charge in [0.1, 0.15) is 5.82 Å². The first-order valence-corrected chi connectivity index (χ1v) is 9.44. The van der Waals surface area contributed by atoms with Gasteiger partial charge >= 0.3 is 0 Å². The Balaban J connectivity index is 1.53. The molecule has 3 heterocycles. The first kappa shape index (κ1) is 17.3. The van der Waals surface area contributed by atoms with E-state index < -0.39 is 0 Å². The van der Waals surface area contributed by atoms with Crippen LogP contribution < -0.4 is 5.32 Å². The highest BCUT2D eigenvalue weighted by Gasteiger charge is 2.23. The van der Waals surface area contributed by atoms with Crippen LogP contribution in [0.25, 0.3) is 11.3 Å². The molecule has 0 fully saturated rings. The largest absolute Gasteiger partial charge is 0.335 e. The van der Waals surface area contributed by atoms with E-state index in [2.05, 4.69) is 24.5 Å². The van der Waals surface area contributed by atoms with E-state index in [0.717, 1.165) is 22.8 Å². The van der Waals surface area contributed by atoms with Crippen LogP contribution in [0.4, 0.5) is 5.69 Å². The number of carbonyl (C=O) groups is 2. The third-order valence-corrected chi connectivity index (χ3v) is 5.01. The zero-order valence-corrected chi connectivity index (χ0v) is 15.6. The van der Waals surface area contributed by atoms with Crippen molar-refractivity contribution in [1.29, 1.82) is 0 Å². The molecule has 0 unspecified atom stereocenters. The van der Waals surface area contributed by atoms with Gasteiger partial charge in [-0.3, -0.25) is 9.59 Å². The van der Waals surface area contributed by atoms with E-state index >= 15 is 0 Å². The number of aromatic nitrogens is 4. The Morgan fingerprint density at radius 2 is 1.96 bits per heavy atom. The van der Waals surface area contributed by atoms with Crippen LogP contribution in [0.3, 0.4) is 0 Å². The Kier molecular flexibility index (Phi) is 4.68. The number of imidazole rings is 1. The summed E-state index contributed by atoms with van der Waals surface area (Å²) < 4.78 is 5.92. The second-order valence-electron chi connectivity index (χ2n) is 6.30. The van der Waals surface area contributed by atoms with Crippen molar-refractivity contribution >= 4 is 29.0 Å². The summed E-state index contributed by atoms with van der Waals surface area (Å²) in [5.74, 6) is 0.777. The number of anilines is 1. The molecule has 27 heavy (non-hydrogen) atoms. The van der Waals surface area contributed by atoms with Gasteiger partial charge in [0.2, 0.25) is 5.91 Å². The Morgan fingerprint density at radius 3 is 2.67 bits per heavy atom. The Morgan fingerprint density at radius 1 is 1.15 bits per heavy atom. The van der Waals surface area contributed by atoms with Crippen LogP contribution in [0, 0.1) is 0 Å². The second-order valence-corrected chi connectivity index (χ2v) is 6.91. The molecule has 0 saturated heterocycles. The molecule has 138 valence electrons. The van der Waals surface area contributed by atoms with Crippen LogP contribution in [0.5, 0.6) is 0 Å². The number of hydrogen-bond acceptors (Lipinski definition) is 6. The lowest BCUT2D eigenvalue weighted by atomic mass is 10.1. The van der Waals surface area contributed by atoms with Gasteiger partial charge in [-0.25, -0.2) is 4.98 Å². The second kappa shape index (κ2) is 7.28. The molecule has 0 atom stereocenters. The normalized spacial score (nSPS) is 13.7. The van der Waals surface area contributed by atoms with E-state index in [0.29, 0.717) is 31.7 Å². The average molecular weight is 382 g/mol. The maximum absolute atomic E-state index is 12.5. The number of rotatable bonds is 3. The van der Waals surface area contributed by atoms with Gasteiger partial charge in [0.15, 0.2) is 5.69 Å². The zero-order valence-electron chi connectivity index (χ0n) is 14.8. The predicted octanol–water partition coefficient (Wildman–Crippen LogP) is 2.06. The van der Waals surface area contributed by atoms with Crippen molar-refractivity contribution < 1.29 is 9.59 Å². The number of nitrogens with zero attached hydrogens (tertiary/aromatic N) is 5. The molecule has 0 saturated carbocycles. The number of hydrogen-bond donors (Lipinski definition) is 1. The molecule has 2 amide bonds. The van der Waals surface area contributed by atoms with Crippen LogP contribution in [0.2, 0.25) is 0 Å². The lowest BCUT2D eigenvalue weighted by Crippen LogP contribution is -2.33. The summed E-state index contributed by atoms with van der Waals surface area (Å²) in [6, 6.07) is 7.67. The number of fused-ring (bicyclic) bond motifs is 1. The summed E-state index contributed by atoms with van der Waals surface area (Å²) in [4.78, 5) is 30.0. The van der Waals surface area contributed by atoms with Gasteiger partial charge in [0.05, 0.1) is 11.9 Å². The Bertz CT molecular complexity index is 964. The maximum Gasteiger partial charge on any atom is 0.275 e. The molecule has 2 aromatic heterocycles. The molecule has 0 aliphatic carbocycles. The quantitative estimate of drug-likeness (QED) is 0.748. The van der Waals surface area contributed by atoms with Crippen molar-refractivity contribution in [2.75, 3.05) is 18.4 Å². The maximum atomic E-state index is 12.5. The van der Waals surface area contributed by atoms with E-state index in [4.69, 9.17) is 0 Å². The molecular formula is C18H18N6O2S. The van der Waals surface area contributed by atoms with Crippen LogP contribution in [0.1, 0.15) is 23.2 Å². The minimum absolute atomic E-state index is 0.0873. The number of carbonyl (C=O) groups excluding carboxylic acids is 2. The molecule has 1 aliphatic rings.